The second-order valence-electron chi connectivity index (χ2n) is 4.21. The van der Waals surface area contributed by atoms with Crippen LogP contribution in [0.4, 0.5) is 0 Å². The van der Waals surface area contributed by atoms with Crippen LogP contribution in [0.1, 0.15) is 16.3 Å². The van der Waals surface area contributed by atoms with Crippen molar-refractivity contribution < 1.29 is 9.53 Å². The maximum Gasteiger partial charge on any atom is 0.271 e. The van der Waals surface area contributed by atoms with Crippen molar-refractivity contribution >= 4 is 5.91 Å². The van der Waals surface area contributed by atoms with Gasteiger partial charge in [0.15, 0.2) is 0 Å². The van der Waals surface area contributed by atoms with Gasteiger partial charge in [-0.1, -0.05) is 0 Å². The summed E-state index contributed by atoms with van der Waals surface area (Å²) >= 11 is 0. The van der Waals surface area contributed by atoms with Crippen LogP contribution in [0.25, 0.3) is 0 Å². The predicted octanol–water partition coefficient (Wildman–Crippen LogP) is -1.02. The molecule has 0 atom stereocenters. The molecular weight excluding hydrogens is 276 g/mol. The van der Waals surface area contributed by atoms with E-state index in [-0.39, 0.29) is 17.2 Å². The predicted molar refractivity (Wildman–Crippen MR) is 72.8 cm³/mol. The monoisotopic (exact) mass is 292 g/mol. The van der Waals surface area contributed by atoms with Crippen LogP contribution in [0.3, 0.4) is 0 Å². The van der Waals surface area contributed by atoms with Gasteiger partial charge in [-0.05, 0) is 6.07 Å². The molecule has 2 N–H and O–H groups in total. The molecule has 21 heavy (non-hydrogen) atoms. The van der Waals surface area contributed by atoms with Crippen LogP contribution >= 0.6 is 0 Å². The third kappa shape index (κ3) is 4.21. The smallest absolute Gasteiger partial charge is 0.271 e. The third-order valence-corrected chi connectivity index (χ3v) is 2.72. The lowest BCUT2D eigenvalue weighted by molar-refractivity contribution is 0.0945. The van der Waals surface area contributed by atoms with Crippen molar-refractivity contribution in [2.24, 2.45) is 0 Å². The molecule has 0 radical (unpaired) electrons. The number of H-pyrrole nitrogens is 1. The zero-order valence-electron chi connectivity index (χ0n) is 11.6. The Kier molecular flexibility index (Phi) is 5.16. The standard InChI is InChI=1S/C12H16N6O3/c1-21-7-6-18-11(19)3-2-9(17-18)12(20)13-5-4-10-14-8-15-16-10/h2-3,8H,4-7H2,1H3,(H,13,20)(H,14,15,16). The van der Waals surface area contributed by atoms with Gasteiger partial charge in [0, 0.05) is 26.1 Å². The molecule has 0 aromatic carbocycles. The van der Waals surface area contributed by atoms with Crippen molar-refractivity contribution in [1.82, 2.24) is 30.3 Å². The van der Waals surface area contributed by atoms with Crippen LogP contribution in [-0.4, -0.2) is 51.1 Å². The molecule has 2 rings (SSSR count). The van der Waals surface area contributed by atoms with E-state index in [4.69, 9.17) is 4.74 Å². The normalized spacial score (nSPS) is 10.5. The number of aromatic nitrogens is 5. The van der Waals surface area contributed by atoms with E-state index in [1.807, 2.05) is 0 Å². The molecular formula is C12H16N6O3. The number of carbonyl (C=O) groups is 1. The number of hydrogen-bond acceptors (Lipinski definition) is 6. The highest BCUT2D eigenvalue weighted by Gasteiger charge is 2.09. The Hall–Kier alpha value is -2.55. The summed E-state index contributed by atoms with van der Waals surface area (Å²) in [4.78, 5) is 27.5. The summed E-state index contributed by atoms with van der Waals surface area (Å²) in [6, 6.07) is 2.71. The lowest BCUT2D eigenvalue weighted by Crippen LogP contribution is -2.31. The van der Waals surface area contributed by atoms with E-state index < -0.39 is 0 Å². The average Bonchev–Trinajstić information content (AvgIpc) is 2.99. The first-order chi connectivity index (χ1) is 10.2. The molecule has 2 aromatic heterocycles. The van der Waals surface area contributed by atoms with Gasteiger partial charge < -0.3 is 10.1 Å². The van der Waals surface area contributed by atoms with Crippen molar-refractivity contribution in [2.75, 3.05) is 20.3 Å². The van der Waals surface area contributed by atoms with Crippen LogP contribution in [0.15, 0.2) is 23.3 Å². The van der Waals surface area contributed by atoms with E-state index in [2.05, 4.69) is 25.6 Å². The Balaban J connectivity index is 1.93. The van der Waals surface area contributed by atoms with Crippen molar-refractivity contribution in [3.63, 3.8) is 0 Å². The highest BCUT2D eigenvalue weighted by Crippen LogP contribution is 1.92. The van der Waals surface area contributed by atoms with Gasteiger partial charge in [-0.15, -0.1) is 0 Å². The second kappa shape index (κ2) is 7.29. The molecule has 2 aromatic rings. The van der Waals surface area contributed by atoms with Gasteiger partial charge in [-0.2, -0.15) is 10.2 Å². The zero-order chi connectivity index (χ0) is 15.1. The fourth-order valence-electron chi connectivity index (χ4n) is 1.64. The second-order valence-corrected chi connectivity index (χ2v) is 4.21. The summed E-state index contributed by atoms with van der Waals surface area (Å²) < 4.78 is 6.09. The first-order valence-electron chi connectivity index (χ1n) is 6.40. The van der Waals surface area contributed by atoms with Gasteiger partial charge in [-0.25, -0.2) is 9.67 Å². The molecule has 0 aliphatic rings. The molecule has 0 aliphatic heterocycles. The van der Waals surface area contributed by atoms with Crippen LogP contribution in [-0.2, 0) is 17.7 Å². The fourth-order valence-corrected chi connectivity index (χ4v) is 1.64. The van der Waals surface area contributed by atoms with E-state index in [9.17, 15) is 9.59 Å². The first kappa shape index (κ1) is 14.9. The number of amides is 1. The van der Waals surface area contributed by atoms with Gasteiger partial charge in [-0.3, -0.25) is 14.7 Å². The van der Waals surface area contributed by atoms with Gasteiger partial charge in [0.1, 0.15) is 17.8 Å². The molecule has 0 bridgehead atoms. The molecule has 0 saturated carbocycles. The number of methoxy groups -OCH3 is 1. The Morgan fingerprint density at radius 1 is 1.48 bits per heavy atom. The Labute approximate surface area is 120 Å². The molecule has 0 fully saturated rings. The minimum absolute atomic E-state index is 0.184. The maximum absolute atomic E-state index is 11.9. The Bertz CT molecular complexity index is 637. The summed E-state index contributed by atoms with van der Waals surface area (Å²) in [6.45, 7) is 1.05. The molecule has 1 amide bonds. The number of ether oxygens (including phenoxy) is 1. The summed E-state index contributed by atoms with van der Waals surface area (Å²) in [7, 11) is 1.53. The number of nitrogens with zero attached hydrogens (tertiary/aromatic N) is 4. The number of aromatic amines is 1. The summed E-state index contributed by atoms with van der Waals surface area (Å²) in [5, 5.41) is 13.1. The van der Waals surface area contributed by atoms with E-state index >= 15 is 0 Å². The topological polar surface area (TPSA) is 115 Å². The van der Waals surface area contributed by atoms with E-state index in [1.165, 1.54) is 30.3 Å². The lowest BCUT2D eigenvalue weighted by atomic mass is 10.3. The zero-order valence-corrected chi connectivity index (χ0v) is 11.6. The van der Waals surface area contributed by atoms with Gasteiger partial charge in [0.25, 0.3) is 11.5 Å². The van der Waals surface area contributed by atoms with Crippen LogP contribution < -0.4 is 10.9 Å². The fraction of sp³-hybridized carbons (Fsp3) is 0.417. The molecule has 0 saturated heterocycles. The summed E-state index contributed by atoms with van der Waals surface area (Å²) in [5.74, 6) is 0.342. The van der Waals surface area contributed by atoms with E-state index in [1.54, 1.807) is 0 Å². The number of nitrogens with one attached hydrogen (secondary N) is 2. The molecule has 112 valence electrons. The van der Waals surface area contributed by atoms with Crippen molar-refractivity contribution in [1.29, 1.82) is 0 Å². The summed E-state index contributed by atoms with van der Waals surface area (Å²) in [5.41, 5.74) is -0.0893. The SMILES string of the molecule is COCCn1nc(C(=O)NCCc2ncn[nH]2)ccc1=O. The molecule has 2 heterocycles. The quantitative estimate of drug-likeness (QED) is 0.675. The molecule has 0 aliphatic carbocycles. The highest BCUT2D eigenvalue weighted by molar-refractivity contribution is 5.91. The van der Waals surface area contributed by atoms with E-state index in [0.29, 0.717) is 31.9 Å². The average molecular weight is 292 g/mol. The number of carbonyl (C=O) groups excluding carboxylic acids is 1. The first-order valence-corrected chi connectivity index (χ1v) is 6.40. The molecule has 9 nitrogen and oxygen atoms in total. The highest BCUT2D eigenvalue weighted by atomic mass is 16.5. The number of rotatable bonds is 7. The molecule has 9 heteroatoms. The van der Waals surface area contributed by atoms with Gasteiger partial charge in [0.05, 0.1) is 13.2 Å². The van der Waals surface area contributed by atoms with Gasteiger partial charge in [0.2, 0.25) is 0 Å². The van der Waals surface area contributed by atoms with Crippen molar-refractivity contribution in [2.45, 2.75) is 13.0 Å². The minimum atomic E-state index is -0.347. The van der Waals surface area contributed by atoms with Crippen molar-refractivity contribution in [3.8, 4) is 0 Å². The minimum Gasteiger partial charge on any atom is -0.383 e. The van der Waals surface area contributed by atoms with E-state index in [0.717, 1.165) is 0 Å². The van der Waals surface area contributed by atoms with Crippen LogP contribution in [0, 0.1) is 0 Å². The Morgan fingerprint density at radius 3 is 3.05 bits per heavy atom. The number of hydrogen-bond donors (Lipinski definition) is 2. The Morgan fingerprint density at radius 2 is 2.33 bits per heavy atom. The maximum atomic E-state index is 11.9. The van der Waals surface area contributed by atoms with Crippen LogP contribution in [0.2, 0.25) is 0 Å². The van der Waals surface area contributed by atoms with Gasteiger partial charge >= 0.3 is 0 Å². The largest absolute Gasteiger partial charge is 0.383 e. The molecule has 0 unspecified atom stereocenters. The summed E-state index contributed by atoms with van der Waals surface area (Å²) in [6.07, 6.45) is 1.94. The lowest BCUT2D eigenvalue weighted by Gasteiger charge is -2.07. The van der Waals surface area contributed by atoms with Crippen molar-refractivity contribution in [3.05, 3.63) is 40.3 Å². The molecule has 0 spiro atoms. The third-order valence-electron chi connectivity index (χ3n) is 2.72. The van der Waals surface area contributed by atoms with Crippen LogP contribution in [0.5, 0.6) is 0 Å².